The number of nitrogens with one attached hydrogen (secondary N) is 1. The quantitative estimate of drug-likeness (QED) is 0.844. The second kappa shape index (κ2) is 6.84. The molecule has 0 aromatic heterocycles. The lowest BCUT2D eigenvalue weighted by molar-refractivity contribution is 0.0956. The van der Waals surface area contributed by atoms with Crippen molar-refractivity contribution in [2.24, 2.45) is 0 Å². The van der Waals surface area contributed by atoms with Crippen LogP contribution >= 0.6 is 0 Å². The van der Waals surface area contributed by atoms with Crippen LogP contribution in [0.5, 0.6) is 0 Å². The second-order valence-corrected chi connectivity index (χ2v) is 11.1. The van der Waals surface area contributed by atoms with E-state index in [1.165, 1.54) is 10.6 Å². The van der Waals surface area contributed by atoms with Gasteiger partial charge in [-0.2, -0.15) is 0 Å². The highest BCUT2D eigenvalue weighted by molar-refractivity contribution is 7.92. The van der Waals surface area contributed by atoms with Gasteiger partial charge in [-0.05, 0) is 51.0 Å². The van der Waals surface area contributed by atoms with Crippen molar-refractivity contribution < 1.29 is 17.4 Å². The molecule has 2 rings (SSSR count). The van der Waals surface area contributed by atoms with E-state index in [1.54, 1.807) is 18.2 Å². The number of anilines is 1. The molecular weight excluding hydrogens is 348 g/mol. The maximum absolute atomic E-state index is 12.2. The van der Waals surface area contributed by atoms with Gasteiger partial charge in [-0.15, -0.1) is 0 Å². The third-order valence-corrected chi connectivity index (χ3v) is 6.97. The number of hydrogen-bond donors (Lipinski definition) is 1. The summed E-state index contributed by atoms with van der Waals surface area (Å²) in [6, 6.07) is 5.03. The Morgan fingerprint density at radius 2 is 2.00 bits per heavy atom. The zero-order chi connectivity index (χ0) is 18.1. The zero-order valence-electron chi connectivity index (χ0n) is 14.5. The Hall–Kier alpha value is -1.41. The minimum Gasteiger partial charge on any atom is -0.351 e. The van der Waals surface area contributed by atoms with Crippen molar-refractivity contribution >= 4 is 32.4 Å². The Morgan fingerprint density at radius 1 is 1.33 bits per heavy atom. The summed E-state index contributed by atoms with van der Waals surface area (Å²) >= 11 is 0. The predicted octanol–water partition coefficient (Wildman–Crippen LogP) is 1.29. The largest absolute Gasteiger partial charge is 0.351 e. The van der Waals surface area contributed by atoms with Gasteiger partial charge in [0.05, 0.1) is 11.9 Å². The standard InChI is InChI=1S/C16H24N2O4S2/c1-16(2,3)23(20)10-8-17-15(19)13-5-6-14-12(11-13)7-9-18(14)24(4,21)22/h5-6,11H,7-10H2,1-4H3,(H,17,19). The molecule has 1 N–H and O–H groups in total. The summed E-state index contributed by atoms with van der Waals surface area (Å²) in [7, 11) is -4.30. The summed E-state index contributed by atoms with van der Waals surface area (Å²) in [5.74, 6) is 0.170. The number of rotatable bonds is 5. The Labute approximate surface area is 146 Å². The fourth-order valence-electron chi connectivity index (χ4n) is 2.52. The van der Waals surface area contributed by atoms with Gasteiger partial charge >= 0.3 is 0 Å². The number of amides is 1. The third kappa shape index (κ3) is 4.36. The molecular formula is C16H24N2O4S2. The molecule has 24 heavy (non-hydrogen) atoms. The Balaban J connectivity index is 2.02. The summed E-state index contributed by atoms with van der Waals surface area (Å²) in [4.78, 5) is 12.2. The van der Waals surface area contributed by atoms with Gasteiger partial charge in [0.1, 0.15) is 0 Å². The Morgan fingerprint density at radius 3 is 2.58 bits per heavy atom. The molecule has 8 heteroatoms. The van der Waals surface area contributed by atoms with E-state index in [0.29, 0.717) is 36.5 Å². The van der Waals surface area contributed by atoms with Gasteiger partial charge in [-0.25, -0.2) is 8.42 Å². The van der Waals surface area contributed by atoms with Crippen molar-refractivity contribution in [3.63, 3.8) is 0 Å². The molecule has 0 bridgehead atoms. The SMILES string of the molecule is CC(C)(C)S(=O)CCNC(=O)c1ccc2c(c1)CCN2S(C)(=O)=O. The molecule has 0 spiro atoms. The lowest BCUT2D eigenvalue weighted by Crippen LogP contribution is -2.32. The molecule has 6 nitrogen and oxygen atoms in total. The molecule has 0 saturated heterocycles. The first kappa shape index (κ1) is 18.9. The number of fused-ring (bicyclic) bond motifs is 1. The van der Waals surface area contributed by atoms with Gasteiger partial charge in [0.25, 0.3) is 5.91 Å². The van der Waals surface area contributed by atoms with Crippen LogP contribution in [0, 0.1) is 0 Å². The van der Waals surface area contributed by atoms with Crippen LogP contribution in [0.4, 0.5) is 5.69 Å². The van der Waals surface area contributed by atoms with Gasteiger partial charge in [0.2, 0.25) is 10.0 Å². The fourth-order valence-corrected chi connectivity index (χ4v) is 4.38. The van der Waals surface area contributed by atoms with Gasteiger partial charge in [-0.1, -0.05) is 0 Å². The van der Waals surface area contributed by atoms with E-state index in [9.17, 15) is 17.4 Å². The van der Waals surface area contributed by atoms with Gasteiger partial charge in [-0.3, -0.25) is 13.3 Å². The molecule has 0 aliphatic carbocycles. The third-order valence-electron chi connectivity index (χ3n) is 3.85. The van der Waals surface area contributed by atoms with Crippen molar-refractivity contribution in [3.8, 4) is 0 Å². The highest BCUT2D eigenvalue weighted by Crippen LogP contribution is 2.30. The number of benzene rings is 1. The molecule has 1 aromatic rings. The van der Waals surface area contributed by atoms with E-state index in [-0.39, 0.29) is 10.7 Å². The molecule has 1 aliphatic heterocycles. The van der Waals surface area contributed by atoms with Crippen molar-refractivity contribution in [1.29, 1.82) is 0 Å². The summed E-state index contributed by atoms with van der Waals surface area (Å²) in [5.41, 5.74) is 1.99. The first-order valence-corrected chi connectivity index (χ1v) is 10.9. The fraction of sp³-hybridized carbons (Fsp3) is 0.562. The van der Waals surface area contributed by atoms with Gasteiger partial charge in [0.15, 0.2) is 0 Å². The van der Waals surface area contributed by atoms with Crippen molar-refractivity contribution in [3.05, 3.63) is 29.3 Å². The van der Waals surface area contributed by atoms with E-state index in [4.69, 9.17) is 0 Å². The molecule has 0 saturated carbocycles. The van der Waals surface area contributed by atoms with Crippen molar-refractivity contribution in [2.45, 2.75) is 31.9 Å². The number of hydrogen-bond acceptors (Lipinski definition) is 4. The van der Waals surface area contributed by atoms with E-state index in [1.807, 2.05) is 20.8 Å². The number of sulfonamides is 1. The first-order chi connectivity index (χ1) is 11.0. The van der Waals surface area contributed by atoms with E-state index in [0.717, 1.165) is 5.56 Å². The summed E-state index contributed by atoms with van der Waals surface area (Å²) in [6.07, 6.45) is 1.77. The van der Waals surface area contributed by atoms with Crippen LogP contribution in [0.25, 0.3) is 0 Å². The lowest BCUT2D eigenvalue weighted by atomic mass is 10.1. The molecule has 1 aliphatic rings. The molecule has 1 unspecified atom stereocenters. The molecule has 0 fully saturated rings. The van der Waals surface area contributed by atoms with Crippen LogP contribution in [0.15, 0.2) is 18.2 Å². The number of carbonyl (C=O) groups excluding carboxylic acids is 1. The Kier molecular flexibility index (Phi) is 5.39. The summed E-state index contributed by atoms with van der Waals surface area (Å²) < 4.78 is 36.5. The van der Waals surface area contributed by atoms with E-state index < -0.39 is 20.8 Å². The monoisotopic (exact) mass is 372 g/mol. The van der Waals surface area contributed by atoms with Crippen LogP contribution in [-0.2, 0) is 27.2 Å². The predicted molar refractivity (Wildman–Crippen MR) is 97.4 cm³/mol. The summed E-state index contributed by atoms with van der Waals surface area (Å²) in [6.45, 7) is 6.45. The average molecular weight is 373 g/mol. The van der Waals surface area contributed by atoms with Crippen LogP contribution in [0.2, 0.25) is 0 Å². The van der Waals surface area contributed by atoms with Crippen LogP contribution in [-0.4, -0.2) is 48.4 Å². The van der Waals surface area contributed by atoms with E-state index >= 15 is 0 Å². The number of nitrogens with zero attached hydrogens (tertiary/aromatic N) is 1. The summed E-state index contributed by atoms with van der Waals surface area (Å²) in [5, 5.41) is 2.77. The average Bonchev–Trinajstić information content (AvgIpc) is 2.88. The number of carbonyl (C=O) groups is 1. The zero-order valence-corrected chi connectivity index (χ0v) is 16.1. The molecule has 1 amide bonds. The van der Waals surface area contributed by atoms with Crippen LogP contribution < -0.4 is 9.62 Å². The van der Waals surface area contributed by atoms with E-state index in [2.05, 4.69) is 5.32 Å². The molecule has 134 valence electrons. The highest BCUT2D eigenvalue weighted by atomic mass is 32.2. The van der Waals surface area contributed by atoms with Crippen LogP contribution in [0.1, 0.15) is 36.7 Å². The maximum Gasteiger partial charge on any atom is 0.251 e. The van der Waals surface area contributed by atoms with Gasteiger partial charge < -0.3 is 5.32 Å². The molecule has 1 aromatic carbocycles. The second-order valence-electron chi connectivity index (χ2n) is 6.85. The lowest BCUT2D eigenvalue weighted by Gasteiger charge is -2.18. The first-order valence-electron chi connectivity index (χ1n) is 7.77. The maximum atomic E-state index is 12.2. The highest BCUT2D eigenvalue weighted by Gasteiger charge is 2.26. The topological polar surface area (TPSA) is 83.6 Å². The van der Waals surface area contributed by atoms with Crippen molar-refractivity contribution in [2.75, 3.05) is 29.4 Å². The molecule has 0 radical (unpaired) electrons. The normalized spacial score (nSPS) is 15.9. The van der Waals surface area contributed by atoms with Crippen LogP contribution in [0.3, 0.4) is 0 Å². The minimum atomic E-state index is -3.29. The van der Waals surface area contributed by atoms with Gasteiger partial charge in [0, 0.05) is 40.0 Å². The smallest absolute Gasteiger partial charge is 0.251 e. The molecule has 1 heterocycles. The minimum absolute atomic E-state index is 0.235. The van der Waals surface area contributed by atoms with Crippen molar-refractivity contribution in [1.82, 2.24) is 5.32 Å². The Bertz CT molecular complexity index is 767. The molecule has 1 atom stereocenters.